The third-order valence-electron chi connectivity index (χ3n) is 6.75. The molecule has 0 atom stereocenters. The molecule has 0 aromatic heterocycles. The van der Waals surface area contributed by atoms with Gasteiger partial charge in [0, 0.05) is 12.1 Å². The number of non-ortho nitro benzene ring substituents is 1. The lowest BCUT2D eigenvalue weighted by atomic mass is 10.1. The van der Waals surface area contributed by atoms with E-state index in [0.29, 0.717) is 0 Å². The number of nitro groups is 3. The molecule has 0 aliphatic carbocycles. The highest BCUT2D eigenvalue weighted by Crippen LogP contribution is 2.36. The van der Waals surface area contributed by atoms with Crippen LogP contribution in [0.1, 0.15) is 11.1 Å². The van der Waals surface area contributed by atoms with Crippen molar-refractivity contribution in [3.8, 4) is 28.7 Å². The lowest BCUT2D eigenvalue weighted by molar-refractivity contribution is -0.386. The monoisotopic (exact) mass is 799 g/mol. The lowest BCUT2D eigenvalue weighted by Crippen LogP contribution is -2.40. The molecule has 0 unspecified atom stereocenters. The molecule has 0 spiro atoms. The maximum Gasteiger partial charge on any atom is 0.514 e. The second-order valence-corrected chi connectivity index (χ2v) is 10.5. The Morgan fingerprint density at radius 3 is 1.41 bits per heavy atom. The number of nitro benzene ring substituents is 3. The number of hydrogen-bond acceptors (Lipinski definition) is 20. The van der Waals surface area contributed by atoms with Gasteiger partial charge in [0.15, 0.2) is 23.0 Å². The summed E-state index contributed by atoms with van der Waals surface area (Å²) < 4.78 is 34.7. The molecule has 308 valence electrons. The van der Waals surface area contributed by atoms with E-state index in [1.165, 1.54) is 58.8 Å². The van der Waals surface area contributed by atoms with Crippen molar-refractivity contribution in [1.29, 1.82) is 0 Å². The first-order valence-electron chi connectivity index (χ1n) is 15.6. The van der Waals surface area contributed by atoms with Crippen molar-refractivity contribution in [2.75, 3.05) is 54.9 Å². The van der Waals surface area contributed by atoms with Crippen LogP contribution in [0, 0.1) is 30.3 Å². The van der Waals surface area contributed by atoms with Gasteiger partial charge in [-0.3, -0.25) is 30.3 Å². The number of hydrogen-bond donors (Lipinski definition) is 6. The summed E-state index contributed by atoms with van der Waals surface area (Å²) in [4.78, 5) is 54.3. The Labute approximate surface area is 317 Å². The number of amides is 1. The molecule has 3 rings (SSSR count). The van der Waals surface area contributed by atoms with Crippen LogP contribution in [0.2, 0.25) is 0 Å². The minimum Gasteiger partial charge on any atom is -0.493 e. The van der Waals surface area contributed by atoms with Crippen molar-refractivity contribution in [3.05, 3.63) is 90.0 Å². The molecule has 0 saturated carbocycles. The zero-order valence-corrected chi connectivity index (χ0v) is 30.3. The van der Waals surface area contributed by atoms with Crippen molar-refractivity contribution in [3.63, 3.8) is 0 Å². The average Bonchev–Trinajstić information content (AvgIpc) is 3.20. The summed E-state index contributed by atoms with van der Waals surface area (Å²) in [6.45, 7) is -2.08. The molecule has 1 amide bonds. The zero-order valence-electron chi connectivity index (χ0n) is 30.3. The van der Waals surface area contributed by atoms with Gasteiger partial charge in [0.25, 0.3) is 17.1 Å². The van der Waals surface area contributed by atoms with Crippen LogP contribution < -0.4 is 34.7 Å². The van der Waals surface area contributed by atoms with E-state index in [2.05, 4.69) is 5.32 Å². The second-order valence-electron chi connectivity index (χ2n) is 10.5. The van der Waals surface area contributed by atoms with E-state index in [1.54, 1.807) is 0 Å². The number of carbonyl (C=O) groups is 2. The van der Waals surface area contributed by atoms with E-state index in [9.17, 15) is 39.9 Å². The smallest absolute Gasteiger partial charge is 0.493 e. The first kappa shape index (κ1) is 47.4. The van der Waals surface area contributed by atoms with E-state index >= 15 is 0 Å². The number of ether oxygens (including phenoxy) is 7. The predicted octanol–water partition coefficient (Wildman–Crippen LogP) is 1.73. The topological polar surface area (TPSA) is 347 Å². The van der Waals surface area contributed by atoms with Gasteiger partial charge in [-0.25, -0.2) is 9.59 Å². The number of nitrogens with zero attached hydrogens (tertiary/aromatic N) is 3. The largest absolute Gasteiger partial charge is 0.514 e. The van der Waals surface area contributed by atoms with Crippen molar-refractivity contribution in [2.24, 2.45) is 5.73 Å². The van der Waals surface area contributed by atoms with Crippen LogP contribution in [0.15, 0.2) is 48.5 Å². The van der Waals surface area contributed by atoms with Gasteiger partial charge in [-0.1, -0.05) is 0 Å². The molecule has 24 heteroatoms. The third kappa shape index (κ3) is 15.4. The van der Waals surface area contributed by atoms with Crippen molar-refractivity contribution in [2.45, 2.75) is 25.3 Å². The van der Waals surface area contributed by atoms with E-state index in [1.807, 2.05) is 0 Å². The summed E-state index contributed by atoms with van der Waals surface area (Å²) in [6.07, 6.45) is -2.06. The quantitative estimate of drug-likeness (QED) is 0.0490. The van der Waals surface area contributed by atoms with Crippen LogP contribution >= 0.6 is 0 Å². The van der Waals surface area contributed by atoms with Gasteiger partial charge in [0.1, 0.15) is 19.0 Å². The highest BCUT2D eigenvalue weighted by molar-refractivity contribution is 5.68. The fraction of sp³-hybridized carbons (Fsp3) is 0.375. The second kappa shape index (κ2) is 24.7. The van der Waals surface area contributed by atoms with Gasteiger partial charge in [0.2, 0.25) is 0 Å². The standard InChI is InChI=1S/C16H14N2O9.C13H18N2O8.C3H9NO2/c1-24-14-7-10(13(18(22)23)8-15(14)25-2)9-26-16(19)27-12-5-3-11(4-6-12)17(20)21;1-21-11-3-8(10(15(19)20)4-12(11)22-2)7-23-13(18)14-9(5-16)6-17;4-3(1-5)2-6/h3-8H,9H2,1-2H3;3-4,9,16-17H,5-7H2,1-2H3,(H,14,18);3,5-6H,1-2,4H2. The lowest BCUT2D eigenvalue weighted by Gasteiger charge is -2.14. The van der Waals surface area contributed by atoms with Crippen LogP contribution in [0.5, 0.6) is 28.7 Å². The fourth-order valence-electron chi connectivity index (χ4n) is 3.85. The Bertz CT molecular complexity index is 1750. The number of benzene rings is 3. The highest BCUT2D eigenvalue weighted by atomic mass is 16.7. The summed E-state index contributed by atoms with van der Waals surface area (Å²) in [5.41, 5.74) is 4.36. The Morgan fingerprint density at radius 1 is 0.661 bits per heavy atom. The summed E-state index contributed by atoms with van der Waals surface area (Å²) in [5.74, 6) is 0.827. The Hall–Kier alpha value is -6.60. The third-order valence-corrected chi connectivity index (χ3v) is 6.75. The van der Waals surface area contributed by atoms with Crippen LogP contribution in [0.3, 0.4) is 0 Å². The summed E-state index contributed by atoms with van der Waals surface area (Å²) >= 11 is 0. The van der Waals surface area contributed by atoms with Crippen molar-refractivity contribution < 1.29 is 77.9 Å². The van der Waals surface area contributed by atoms with E-state index < -0.39 is 65.5 Å². The first-order chi connectivity index (χ1) is 26.6. The fourth-order valence-corrected chi connectivity index (χ4v) is 3.85. The van der Waals surface area contributed by atoms with E-state index in [4.69, 9.17) is 59.3 Å². The normalized spacial score (nSPS) is 10.1. The minimum atomic E-state index is -1.13. The molecule has 0 aliphatic heterocycles. The van der Waals surface area contributed by atoms with Crippen LogP contribution in [-0.2, 0) is 22.7 Å². The summed E-state index contributed by atoms with van der Waals surface area (Å²) in [7, 11) is 5.40. The molecule has 24 nitrogen and oxygen atoms in total. The molecule has 0 heterocycles. The zero-order chi connectivity index (χ0) is 42.4. The van der Waals surface area contributed by atoms with Gasteiger partial charge in [-0.05, 0) is 24.3 Å². The molecule has 0 saturated heterocycles. The van der Waals surface area contributed by atoms with Gasteiger partial charge < -0.3 is 64.6 Å². The molecule has 3 aromatic carbocycles. The first-order valence-corrected chi connectivity index (χ1v) is 15.6. The number of carbonyl (C=O) groups excluding carboxylic acids is 2. The molecular weight excluding hydrogens is 758 g/mol. The van der Waals surface area contributed by atoms with Gasteiger partial charge >= 0.3 is 12.2 Å². The Morgan fingerprint density at radius 2 is 1.07 bits per heavy atom. The van der Waals surface area contributed by atoms with Crippen molar-refractivity contribution in [1.82, 2.24) is 5.32 Å². The molecule has 0 bridgehead atoms. The van der Waals surface area contributed by atoms with Crippen LogP contribution in [-0.4, -0.2) is 114 Å². The minimum absolute atomic E-state index is 0.0208. The SMILES string of the molecule is COc1cc(COC(=O)NC(CO)CO)c([N+](=O)[O-])cc1OC.COc1cc(COC(=O)Oc2ccc([N+](=O)[O-])cc2)c([N+](=O)[O-])cc1OC.NC(CO)CO. The summed E-state index contributed by atoms with van der Waals surface area (Å²) in [6, 6.07) is 8.39. The molecule has 3 aromatic rings. The number of nitrogens with one attached hydrogen (secondary N) is 1. The van der Waals surface area contributed by atoms with Gasteiger partial charge in [-0.15, -0.1) is 0 Å². The Kier molecular flexibility index (Phi) is 20.9. The van der Waals surface area contributed by atoms with Crippen molar-refractivity contribution >= 4 is 29.3 Å². The number of aliphatic hydroxyl groups excluding tert-OH is 4. The molecule has 0 aliphatic rings. The predicted molar refractivity (Wildman–Crippen MR) is 190 cm³/mol. The Balaban J connectivity index is 0.000000493. The van der Waals surface area contributed by atoms with Gasteiger partial charge in [0.05, 0.1) is 105 Å². The molecule has 0 fully saturated rings. The molecule has 56 heavy (non-hydrogen) atoms. The van der Waals surface area contributed by atoms with E-state index in [0.717, 1.165) is 18.2 Å². The van der Waals surface area contributed by atoms with Gasteiger partial charge in [-0.2, -0.15) is 0 Å². The maximum absolute atomic E-state index is 11.8. The summed E-state index contributed by atoms with van der Waals surface area (Å²) in [5, 5.41) is 68.9. The average molecular weight is 800 g/mol. The highest BCUT2D eigenvalue weighted by Gasteiger charge is 2.23. The number of alkyl carbamates (subject to hydrolysis) is 1. The van der Waals surface area contributed by atoms with E-state index in [-0.39, 0.29) is 70.2 Å². The number of nitrogens with two attached hydrogens (primary N) is 1. The molecule has 0 radical (unpaired) electrons. The molecular formula is C32H41N5O19. The maximum atomic E-state index is 11.8. The van der Waals surface area contributed by atoms with Crippen LogP contribution in [0.4, 0.5) is 26.7 Å². The number of methoxy groups -OCH3 is 4. The van der Waals surface area contributed by atoms with Crippen LogP contribution in [0.25, 0.3) is 0 Å². The number of aliphatic hydroxyl groups is 4. The molecule has 7 N–H and O–H groups in total. The number of rotatable bonds is 17.